The molecule has 0 bridgehead atoms. The van der Waals surface area contributed by atoms with Crippen LogP contribution in [0.4, 0.5) is 10.5 Å². The summed E-state index contributed by atoms with van der Waals surface area (Å²) in [5, 5.41) is 9.70. The number of fused-ring (bicyclic) bond motifs is 1. The largest absolute Gasteiger partial charge is 0.454 e. The van der Waals surface area contributed by atoms with Crippen LogP contribution in [-0.4, -0.2) is 17.8 Å². The third-order valence-corrected chi connectivity index (χ3v) is 4.44. The summed E-state index contributed by atoms with van der Waals surface area (Å²) in [4.78, 5) is 16.6. The molecule has 126 valence electrons. The molecule has 0 radical (unpaired) electrons. The number of benzene rings is 1. The number of hydrogen-bond acceptors (Lipinski definition) is 5. The fourth-order valence-corrected chi connectivity index (χ4v) is 3.21. The van der Waals surface area contributed by atoms with E-state index in [4.69, 9.17) is 9.47 Å². The van der Waals surface area contributed by atoms with Crippen molar-refractivity contribution in [3.8, 4) is 22.8 Å². The highest BCUT2D eigenvalue weighted by Gasteiger charge is 2.14. The van der Waals surface area contributed by atoms with Crippen LogP contribution >= 0.6 is 11.3 Å². The zero-order chi connectivity index (χ0) is 17.1. The van der Waals surface area contributed by atoms with E-state index in [1.165, 1.54) is 0 Å². The second kappa shape index (κ2) is 6.82. The molecule has 2 amide bonds. The zero-order valence-electron chi connectivity index (χ0n) is 13.2. The molecule has 2 aromatic heterocycles. The molecule has 0 spiro atoms. The molecule has 1 aromatic carbocycles. The van der Waals surface area contributed by atoms with Gasteiger partial charge in [0, 0.05) is 35.4 Å². The summed E-state index contributed by atoms with van der Waals surface area (Å²) < 4.78 is 10.6. The number of thiophene rings is 1. The fourth-order valence-electron chi connectivity index (χ4n) is 2.57. The average Bonchev–Trinajstić information content (AvgIpc) is 3.31. The standard InChI is InChI=1S/C18H15N3O3S/c22-18(21-14-3-4-15-16(8-14)24-11-23-15)20-9-12-2-1-6-19-17(12)13-5-7-25-10-13/h1-8,10H,9,11H2,(H2,20,21,22). The number of carbonyl (C=O) groups excluding carboxylic acids is 1. The van der Waals surface area contributed by atoms with Gasteiger partial charge in [-0.3, -0.25) is 4.98 Å². The normalized spacial score (nSPS) is 12.0. The molecule has 3 aromatic rings. The Kier molecular flexibility index (Phi) is 4.22. The molecule has 25 heavy (non-hydrogen) atoms. The van der Waals surface area contributed by atoms with Gasteiger partial charge in [0.05, 0.1) is 5.69 Å². The van der Waals surface area contributed by atoms with Crippen LogP contribution < -0.4 is 20.1 Å². The molecule has 0 saturated heterocycles. The molecule has 0 saturated carbocycles. The highest BCUT2D eigenvalue weighted by molar-refractivity contribution is 7.08. The molecule has 2 N–H and O–H groups in total. The fraction of sp³-hybridized carbons (Fsp3) is 0.111. The number of carbonyl (C=O) groups is 1. The molecule has 0 unspecified atom stereocenters. The van der Waals surface area contributed by atoms with Crippen LogP contribution in [-0.2, 0) is 6.54 Å². The van der Waals surface area contributed by atoms with E-state index >= 15 is 0 Å². The molecule has 6 nitrogen and oxygen atoms in total. The smallest absolute Gasteiger partial charge is 0.319 e. The summed E-state index contributed by atoms with van der Waals surface area (Å²) in [7, 11) is 0. The van der Waals surface area contributed by atoms with Crippen LogP contribution in [0.3, 0.4) is 0 Å². The van der Waals surface area contributed by atoms with Gasteiger partial charge in [0.15, 0.2) is 11.5 Å². The van der Waals surface area contributed by atoms with E-state index < -0.39 is 0 Å². The van der Waals surface area contributed by atoms with Gasteiger partial charge in [0.2, 0.25) is 6.79 Å². The number of nitrogens with one attached hydrogen (secondary N) is 2. The van der Waals surface area contributed by atoms with Crippen LogP contribution in [0.2, 0.25) is 0 Å². The number of aromatic nitrogens is 1. The lowest BCUT2D eigenvalue weighted by Crippen LogP contribution is -2.28. The zero-order valence-corrected chi connectivity index (χ0v) is 14.0. The summed E-state index contributed by atoms with van der Waals surface area (Å²) in [6.07, 6.45) is 1.75. The maximum absolute atomic E-state index is 12.2. The first-order valence-corrected chi connectivity index (χ1v) is 8.65. The van der Waals surface area contributed by atoms with E-state index in [0.29, 0.717) is 23.7 Å². The molecule has 0 atom stereocenters. The first kappa shape index (κ1) is 15.5. The Morgan fingerprint density at radius 1 is 1.20 bits per heavy atom. The first-order valence-electron chi connectivity index (χ1n) is 7.70. The Balaban J connectivity index is 1.41. The number of nitrogens with zero attached hydrogens (tertiary/aromatic N) is 1. The predicted octanol–water partition coefficient (Wildman–Crippen LogP) is 3.86. The number of urea groups is 1. The first-order chi connectivity index (χ1) is 12.3. The minimum absolute atomic E-state index is 0.206. The van der Waals surface area contributed by atoms with E-state index in [-0.39, 0.29) is 12.8 Å². The lowest BCUT2D eigenvalue weighted by Gasteiger charge is -2.10. The van der Waals surface area contributed by atoms with Crippen LogP contribution in [0.5, 0.6) is 11.5 Å². The van der Waals surface area contributed by atoms with Gasteiger partial charge in [0.1, 0.15) is 0 Å². The Hall–Kier alpha value is -3.06. The minimum Gasteiger partial charge on any atom is -0.454 e. The van der Waals surface area contributed by atoms with Crippen molar-refractivity contribution in [2.24, 2.45) is 0 Å². The molecule has 4 rings (SSSR count). The van der Waals surface area contributed by atoms with Gasteiger partial charge in [-0.05, 0) is 35.2 Å². The van der Waals surface area contributed by atoms with Crippen molar-refractivity contribution >= 4 is 23.1 Å². The Labute approximate surface area is 148 Å². The van der Waals surface area contributed by atoms with Crippen molar-refractivity contribution in [3.63, 3.8) is 0 Å². The van der Waals surface area contributed by atoms with Crippen LogP contribution in [0, 0.1) is 0 Å². The van der Waals surface area contributed by atoms with E-state index in [9.17, 15) is 4.79 Å². The maximum Gasteiger partial charge on any atom is 0.319 e. The van der Waals surface area contributed by atoms with Gasteiger partial charge in [-0.15, -0.1) is 0 Å². The van der Waals surface area contributed by atoms with Gasteiger partial charge < -0.3 is 20.1 Å². The maximum atomic E-state index is 12.2. The van der Waals surface area contributed by atoms with E-state index in [0.717, 1.165) is 16.8 Å². The van der Waals surface area contributed by atoms with Gasteiger partial charge in [0.25, 0.3) is 0 Å². The molecular formula is C18H15N3O3S. The van der Waals surface area contributed by atoms with Crippen molar-refractivity contribution < 1.29 is 14.3 Å². The molecule has 3 heterocycles. The summed E-state index contributed by atoms with van der Waals surface area (Å²) in [5.41, 5.74) is 3.54. The number of hydrogen-bond donors (Lipinski definition) is 2. The quantitative estimate of drug-likeness (QED) is 0.747. The number of ether oxygens (including phenoxy) is 2. The van der Waals surface area contributed by atoms with E-state index in [1.54, 1.807) is 35.7 Å². The second-order valence-electron chi connectivity index (χ2n) is 5.40. The summed E-state index contributed by atoms with van der Waals surface area (Å²) in [6, 6.07) is 10.8. The van der Waals surface area contributed by atoms with Gasteiger partial charge in [-0.25, -0.2) is 4.79 Å². The van der Waals surface area contributed by atoms with Gasteiger partial charge in [-0.1, -0.05) is 6.07 Å². The molecule has 7 heteroatoms. The predicted molar refractivity (Wildman–Crippen MR) is 96.0 cm³/mol. The molecule has 1 aliphatic heterocycles. The lowest BCUT2D eigenvalue weighted by molar-refractivity contribution is 0.174. The summed E-state index contributed by atoms with van der Waals surface area (Å²) >= 11 is 1.62. The number of anilines is 1. The van der Waals surface area contributed by atoms with E-state index in [2.05, 4.69) is 15.6 Å². The lowest BCUT2D eigenvalue weighted by atomic mass is 10.1. The van der Waals surface area contributed by atoms with Crippen LogP contribution in [0.15, 0.2) is 53.4 Å². The topological polar surface area (TPSA) is 72.5 Å². The minimum atomic E-state index is -0.293. The molecular weight excluding hydrogens is 338 g/mol. The van der Waals surface area contributed by atoms with Crippen molar-refractivity contribution in [3.05, 3.63) is 58.9 Å². The SMILES string of the molecule is O=C(NCc1cccnc1-c1ccsc1)Nc1ccc2c(c1)OCO2. The van der Waals surface area contributed by atoms with Gasteiger partial charge in [-0.2, -0.15) is 11.3 Å². The number of pyridine rings is 1. The third-order valence-electron chi connectivity index (χ3n) is 3.76. The Bertz CT molecular complexity index is 896. The van der Waals surface area contributed by atoms with Crippen molar-refractivity contribution in [1.82, 2.24) is 10.3 Å². The highest BCUT2D eigenvalue weighted by atomic mass is 32.1. The molecule has 0 fully saturated rings. The monoisotopic (exact) mass is 353 g/mol. The highest BCUT2D eigenvalue weighted by Crippen LogP contribution is 2.34. The third kappa shape index (κ3) is 3.41. The second-order valence-corrected chi connectivity index (χ2v) is 6.18. The Morgan fingerprint density at radius 3 is 3.00 bits per heavy atom. The van der Waals surface area contributed by atoms with Crippen LogP contribution in [0.25, 0.3) is 11.3 Å². The van der Waals surface area contributed by atoms with Crippen LogP contribution in [0.1, 0.15) is 5.56 Å². The number of amides is 2. The Morgan fingerprint density at radius 2 is 2.12 bits per heavy atom. The molecule has 1 aliphatic rings. The van der Waals surface area contributed by atoms with E-state index in [1.807, 2.05) is 29.0 Å². The number of rotatable bonds is 4. The van der Waals surface area contributed by atoms with Crippen molar-refractivity contribution in [2.75, 3.05) is 12.1 Å². The average molecular weight is 353 g/mol. The molecule has 0 aliphatic carbocycles. The van der Waals surface area contributed by atoms with Gasteiger partial charge >= 0.3 is 6.03 Å². The van der Waals surface area contributed by atoms with Crippen molar-refractivity contribution in [2.45, 2.75) is 6.54 Å². The summed E-state index contributed by atoms with van der Waals surface area (Å²) in [6.45, 7) is 0.590. The van der Waals surface area contributed by atoms with Crippen molar-refractivity contribution in [1.29, 1.82) is 0 Å². The summed E-state index contributed by atoms with van der Waals surface area (Å²) in [5.74, 6) is 1.31.